The number of rotatable bonds is 3. The van der Waals surface area contributed by atoms with Gasteiger partial charge < -0.3 is 15.2 Å². The van der Waals surface area contributed by atoms with E-state index in [2.05, 4.69) is 20.9 Å². The molecule has 6 heteroatoms. The summed E-state index contributed by atoms with van der Waals surface area (Å²) in [6.07, 6.45) is -0.321. The van der Waals surface area contributed by atoms with Crippen molar-refractivity contribution < 1.29 is 19.8 Å². The molecule has 88 valence electrons. The average molecular weight is 298 g/mol. The van der Waals surface area contributed by atoms with Crippen LogP contribution in [0.1, 0.15) is 16.1 Å². The van der Waals surface area contributed by atoms with Gasteiger partial charge in [0.05, 0.1) is 6.42 Å². The van der Waals surface area contributed by atoms with Crippen LogP contribution in [0.5, 0.6) is 0 Å². The summed E-state index contributed by atoms with van der Waals surface area (Å²) in [7, 11) is 0. The lowest BCUT2D eigenvalue weighted by molar-refractivity contribution is -0.136. The molecule has 0 aliphatic rings. The summed E-state index contributed by atoms with van der Waals surface area (Å²) < 4.78 is 0.771. The molecule has 0 aliphatic heterocycles. The van der Waals surface area contributed by atoms with Gasteiger partial charge in [-0.3, -0.25) is 4.79 Å². The number of nitrogens with one attached hydrogen (secondary N) is 1. The van der Waals surface area contributed by atoms with Gasteiger partial charge >= 0.3 is 11.9 Å². The average Bonchev–Trinajstić information content (AvgIpc) is 2.56. The van der Waals surface area contributed by atoms with Crippen LogP contribution in [0.2, 0.25) is 0 Å². The fourth-order valence-electron chi connectivity index (χ4n) is 1.74. The number of halogens is 1. The van der Waals surface area contributed by atoms with Crippen molar-refractivity contribution in [3.8, 4) is 0 Å². The second kappa shape index (κ2) is 4.21. The maximum absolute atomic E-state index is 11.0. The molecule has 2 aromatic rings. The van der Waals surface area contributed by atoms with Crippen LogP contribution in [0.4, 0.5) is 0 Å². The number of benzene rings is 1. The zero-order valence-electron chi connectivity index (χ0n) is 8.53. The van der Waals surface area contributed by atoms with Crippen molar-refractivity contribution in [1.82, 2.24) is 4.98 Å². The number of hydrogen-bond acceptors (Lipinski definition) is 2. The first-order valence-electron chi connectivity index (χ1n) is 4.74. The zero-order valence-corrected chi connectivity index (χ0v) is 10.1. The van der Waals surface area contributed by atoms with E-state index in [4.69, 9.17) is 10.2 Å². The number of carbonyl (C=O) groups is 2. The van der Waals surface area contributed by atoms with Crippen molar-refractivity contribution in [1.29, 1.82) is 0 Å². The molecule has 0 unspecified atom stereocenters. The Labute approximate surface area is 104 Å². The number of aliphatic carboxylic acids is 1. The summed E-state index contributed by atoms with van der Waals surface area (Å²) >= 11 is 3.27. The standard InChI is InChI=1S/C11H8BrNO4/c12-5-1-2-8-6(3-5)7(4-9(14)15)10(13-8)11(16)17/h1-3,13H,4H2,(H,14,15)(H,16,17). The largest absolute Gasteiger partial charge is 0.481 e. The van der Waals surface area contributed by atoms with Crippen LogP contribution in [-0.2, 0) is 11.2 Å². The minimum atomic E-state index is -1.16. The minimum Gasteiger partial charge on any atom is -0.481 e. The predicted molar refractivity (Wildman–Crippen MR) is 64.3 cm³/mol. The first kappa shape index (κ1) is 11.7. The van der Waals surface area contributed by atoms with E-state index >= 15 is 0 Å². The molecule has 0 amide bonds. The van der Waals surface area contributed by atoms with Gasteiger partial charge in [0.15, 0.2) is 0 Å². The quantitative estimate of drug-likeness (QED) is 0.810. The molecule has 1 aromatic heterocycles. The van der Waals surface area contributed by atoms with Crippen molar-refractivity contribution in [2.45, 2.75) is 6.42 Å². The number of carboxylic acid groups (broad SMARTS) is 2. The molecule has 1 heterocycles. The molecule has 0 saturated heterocycles. The van der Waals surface area contributed by atoms with Crippen molar-refractivity contribution in [3.63, 3.8) is 0 Å². The lowest BCUT2D eigenvalue weighted by Crippen LogP contribution is -2.06. The van der Waals surface area contributed by atoms with E-state index in [0.717, 1.165) is 4.47 Å². The van der Waals surface area contributed by atoms with Crippen molar-refractivity contribution in [2.75, 3.05) is 0 Å². The lowest BCUT2D eigenvalue weighted by atomic mass is 10.1. The number of carboxylic acids is 2. The highest BCUT2D eigenvalue weighted by Gasteiger charge is 2.19. The van der Waals surface area contributed by atoms with Crippen LogP contribution < -0.4 is 0 Å². The van der Waals surface area contributed by atoms with Crippen LogP contribution in [0.15, 0.2) is 22.7 Å². The Balaban J connectivity index is 2.72. The summed E-state index contributed by atoms with van der Waals surface area (Å²) in [5.74, 6) is -2.22. The Kier molecular flexibility index (Phi) is 2.89. The smallest absolute Gasteiger partial charge is 0.352 e. The third-order valence-corrected chi connectivity index (χ3v) is 2.90. The Bertz CT molecular complexity index is 617. The normalized spacial score (nSPS) is 10.6. The lowest BCUT2D eigenvalue weighted by Gasteiger charge is -1.97. The van der Waals surface area contributed by atoms with E-state index in [1.54, 1.807) is 18.2 Å². The number of H-pyrrole nitrogens is 1. The molecule has 5 nitrogen and oxygen atoms in total. The third kappa shape index (κ3) is 2.16. The van der Waals surface area contributed by atoms with Crippen LogP contribution in [-0.4, -0.2) is 27.1 Å². The number of aromatic nitrogens is 1. The highest BCUT2D eigenvalue weighted by molar-refractivity contribution is 9.10. The van der Waals surface area contributed by atoms with Gasteiger partial charge in [-0.15, -0.1) is 0 Å². The maximum atomic E-state index is 11.0. The minimum absolute atomic E-state index is 0.0690. The molecule has 0 spiro atoms. The molecule has 0 fully saturated rings. The second-order valence-corrected chi connectivity index (χ2v) is 4.46. The fourth-order valence-corrected chi connectivity index (χ4v) is 2.10. The second-order valence-electron chi connectivity index (χ2n) is 3.54. The summed E-state index contributed by atoms with van der Waals surface area (Å²) in [5.41, 5.74) is 0.837. The Morgan fingerprint density at radius 3 is 2.59 bits per heavy atom. The Morgan fingerprint density at radius 2 is 2.00 bits per heavy atom. The van der Waals surface area contributed by atoms with E-state index in [-0.39, 0.29) is 12.1 Å². The molecular formula is C11H8BrNO4. The molecule has 0 radical (unpaired) electrons. The van der Waals surface area contributed by atoms with Gasteiger partial charge in [-0.1, -0.05) is 15.9 Å². The number of fused-ring (bicyclic) bond motifs is 1. The summed E-state index contributed by atoms with van der Waals surface area (Å²) in [4.78, 5) is 24.5. The monoisotopic (exact) mass is 297 g/mol. The SMILES string of the molecule is O=C(O)Cc1c(C(=O)O)[nH]c2ccc(Br)cc12. The summed E-state index contributed by atoms with van der Waals surface area (Å²) in [6, 6.07) is 5.17. The number of aromatic carboxylic acids is 1. The number of hydrogen-bond donors (Lipinski definition) is 3. The van der Waals surface area contributed by atoms with Crippen LogP contribution in [0.25, 0.3) is 10.9 Å². The first-order chi connectivity index (χ1) is 7.99. The van der Waals surface area contributed by atoms with Gasteiger partial charge in [-0.05, 0) is 18.2 Å². The van der Waals surface area contributed by atoms with Gasteiger partial charge in [0.2, 0.25) is 0 Å². The van der Waals surface area contributed by atoms with E-state index in [1.807, 2.05) is 0 Å². The molecule has 1 aromatic carbocycles. The first-order valence-corrected chi connectivity index (χ1v) is 5.53. The highest BCUT2D eigenvalue weighted by atomic mass is 79.9. The predicted octanol–water partition coefficient (Wildman–Crippen LogP) is 2.26. The van der Waals surface area contributed by atoms with Gasteiger partial charge in [0.25, 0.3) is 0 Å². The molecule has 0 saturated carbocycles. The van der Waals surface area contributed by atoms with E-state index in [0.29, 0.717) is 16.5 Å². The zero-order chi connectivity index (χ0) is 12.6. The van der Waals surface area contributed by atoms with Gasteiger partial charge in [-0.25, -0.2) is 4.79 Å². The number of aromatic amines is 1. The molecule has 0 aliphatic carbocycles. The van der Waals surface area contributed by atoms with Gasteiger partial charge in [-0.2, -0.15) is 0 Å². The topological polar surface area (TPSA) is 90.4 Å². The van der Waals surface area contributed by atoms with E-state index in [1.165, 1.54) is 0 Å². The van der Waals surface area contributed by atoms with Crippen molar-refractivity contribution in [3.05, 3.63) is 33.9 Å². The Hall–Kier alpha value is -1.82. The summed E-state index contributed by atoms with van der Waals surface area (Å²) in [5, 5.41) is 18.4. The van der Waals surface area contributed by atoms with Gasteiger partial charge in [0.1, 0.15) is 5.69 Å². The highest BCUT2D eigenvalue weighted by Crippen LogP contribution is 2.26. The Morgan fingerprint density at radius 1 is 1.29 bits per heavy atom. The van der Waals surface area contributed by atoms with Crippen LogP contribution in [0.3, 0.4) is 0 Å². The molecule has 0 atom stereocenters. The molecular weight excluding hydrogens is 290 g/mol. The van der Waals surface area contributed by atoms with Crippen molar-refractivity contribution in [2.24, 2.45) is 0 Å². The van der Waals surface area contributed by atoms with Crippen molar-refractivity contribution >= 4 is 38.8 Å². The third-order valence-electron chi connectivity index (χ3n) is 2.41. The molecule has 2 rings (SSSR count). The van der Waals surface area contributed by atoms with E-state index in [9.17, 15) is 9.59 Å². The van der Waals surface area contributed by atoms with Gasteiger partial charge in [0, 0.05) is 20.9 Å². The molecule has 17 heavy (non-hydrogen) atoms. The maximum Gasteiger partial charge on any atom is 0.352 e. The summed E-state index contributed by atoms with van der Waals surface area (Å²) in [6.45, 7) is 0. The fraction of sp³-hybridized carbons (Fsp3) is 0.0909. The van der Waals surface area contributed by atoms with E-state index < -0.39 is 11.9 Å². The molecule has 3 N–H and O–H groups in total. The van der Waals surface area contributed by atoms with Crippen LogP contribution in [0, 0.1) is 0 Å². The van der Waals surface area contributed by atoms with Crippen LogP contribution >= 0.6 is 15.9 Å². The molecule has 0 bridgehead atoms.